The molecule has 11 aromatic rings. The lowest BCUT2D eigenvalue weighted by molar-refractivity contribution is 1.66. The Kier molecular flexibility index (Phi) is 6.35. The highest BCUT2D eigenvalue weighted by atomic mass is 14.2. The fourth-order valence-corrected chi connectivity index (χ4v) is 8.69. The van der Waals surface area contributed by atoms with Gasteiger partial charge in [0, 0.05) is 0 Å². The average Bonchev–Trinajstić information content (AvgIpc) is 3.21. The van der Waals surface area contributed by atoms with Gasteiger partial charge in [0.25, 0.3) is 0 Å². The number of hydrogen-bond acceptors (Lipinski definition) is 0. The first-order chi connectivity index (χ1) is 25.8. The van der Waals surface area contributed by atoms with Crippen molar-refractivity contribution in [3.8, 4) is 33.4 Å². The average molecular weight is 657 g/mol. The van der Waals surface area contributed by atoms with Crippen LogP contribution in [0.3, 0.4) is 0 Å². The van der Waals surface area contributed by atoms with Gasteiger partial charge in [-0.3, -0.25) is 0 Å². The highest BCUT2D eigenvalue weighted by molar-refractivity contribution is 6.23. The standard InChI is InChI=1S/C52H32/c1-3-12-35-29-41(22-20-33(35)10-1)51-46-16-7-8-17-47(46)52(42-23-21-34-11-2-4-13-36(34)30-42)50-32-40(25-27-48(50)51)43-18-9-19-44-45(43)26-24-39-28-37-14-5-6-15-38(37)31-49(39)44/h1-32H. The summed E-state index contributed by atoms with van der Waals surface area (Å²) in [7, 11) is 0. The molecule has 11 rings (SSSR count). The lowest BCUT2D eigenvalue weighted by atomic mass is 9.84. The van der Waals surface area contributed by atoms with E-state index in [4.69, 9.17) is 0 Å². The van der Waals surface area contributed by atoms with Crippen molar-refractivity contribution in [2.24, 2.45) is 0 Å². The number of benzene rings is 11. The van der Waals surface area contributed by atoms with Crippen molar-refractivity contribution < 1.29 is 0 Å². The van der Waals surface area contributed by atoms with Gasteiger partial charge in [-0.1, -0.05) is 164 Å². The minimum Gasteiger partial charge on any atom is -0.0616 e. The maximum atomic E-state index is 2.45. The smallest absolute Gasteiger partial charge is 0.00259 e. The van der Waals surface area contributed by atoms with E-state index in [0.717, 1.165) is 0 Å². The van der Waals surface area contributed by atoms with Gasteiger partial charge in [-0.15, -0.1) is 0 Å². The van der Waals surface area contributed by atoms with Crippen LogP contribution < -0.4 is 0 Å². The Labute approximate surface area is 301 Å². The number of fused-ring (bicyclic) bond motifs is 8. The summed E-state index contributed by atoms with van der Waals surface area (Å²) in [6.45, 7) is 0. The molecule has 11 aromatic carbocycles. The first-order valence-electron chi connectivity index (χ1n) is 18.1. The molecule has 0 atom stereocenters. The topological polar surface area (TPSA) is 0 Å². The van der Waals surface area contributed by atoms with Gasteiger partial charge in [-0.05, 0) is 139 Å². The van der Waals surface area contributed by atoms with Gasteiger partial charge in [0.1, 0.15) is 0 Å². The molecule has 0 unspecified atom stereocenters. The first-order valence-corrected chi connectivity index (χ1v) is 18.1. The zero-order chi connectivity index (χ0) is 34.2. The monoisotopic (exact) mass is 656 g/mol. The maximum Gasteiger partial charge on any atom is -0.00259 e. The van der Waals surface area contributed by atoms with Gasteiger partial charge >= 0.3 is 0 Å². The second kappa shape index (κ2) is 11.4. The van der Waals surface area contributed by atoms with E-state index in [1.807, 2.05) is 0 Å². The Morgan fingerprint density at radius 2 is 0.654 bits per heavy atom. The van der Waals surface area contributed by atoms with Gasteiger partial charge < -0.3 is 0 Å². The van der Waals surface area contributed by atoms with Crippen LogP contribution in [0.5, 0.6) is 0 Å². The summed E-state index contributed by atoms with van der Waals surface area (Å²) in [6, 6.07) is 72.1. The van der Waals surface area contributed by atoms with Crippen LogP contribution in [0, 0.1) is 0 Å². The normalized spacial score (nSPS) is 11.8. The van der Waals surface area contributed by atoms with Crippen LogP contribution in [0.4, 0.5) is 0 Å². The van der Waals surface area contributed by atoms with E-state index in [1.165, 1.54) is 109 Å². The van der Waals surface area contributed by atoms with Gasteiger partial charge in [0.15, 0.2) is 0 Å². The SMILES string of the molecule is c1ccc2cc(-c3c4ccccc4c(-c4ccc5ccccc5c4)c4cc(-c5cccc6c5ccc5cc7ccccc7cc56)ccc34)ccc2c1. The summed E-state index contributed by atoms with van der Waals surface area (Å²) in [6.07, 6.45) is 0. The van der Waals surface area contributed by atoms with E-state index in [9.17, 15) is 0 Å². The summed E-state index contributed by atoms with van der Waals surface area (Å²) in [5.74, 6) is 0. The summed E-state index contributed by atoms with van der Waals surface area (Å²) in [4.78, 5) is 0. The predicted octanol–water partition coefficient (Wildman–Crippen LogP) is 14.8. The van der Waals surface area contributed by atoms with Crippen LogP contribution in [0.15, 0.2) is 194 Å². The summed E-state index contributed by atoms with van der Waals surface area (Å²) >= 11 is 0. The second-order valence-corrected chi connectivity index (χ2v) is 14.1. The summed E-state index contributed by atoms with van der Waals surface area (Å²) in [5, 5.41) is 17.7. The molecule has 0 heteroatoms. The number of rotatable bonds is 3. The molecule has 0 heterocycles. The maximum absolute atomic E-state index is 2.45. The van der Waals surface area contributed by atoms with Crippen molar-refractivity contribution in [2.75, 3.05) is 0 Å². The Morgan fingerprint density at radius 3 is 1.31 bits per heavy atom. The zero-order valence-electron chi connectivity index (χ0n) is 28.5. The van der Waals surface area contributed by atoms with Crippen molar-refractivity contribution in [1.82, 2.24) is 0 Å². The van der Waals surface area contributed by atoms with Gasteiger partial charge in [0.05, 0.1) is 0 Å². The van der Waals surface area contributed by atoms with Crippen LogP contribution in [-0.2, 0) is 0 Å². The van der Waals surface area contributed by atoms with Crippen LogP contribution in [0.25, 0.3) is 109 Å². The van der Waals surface area contributed by atoms with E-state index < -0.39 is 0 Å². The Hall–Kier alpha value is -6.76. The highest BCUT2D eigenvalue weighted by Gasteiger charge is 2.19. The van der Waals surface area contributed by atoms with Gasteiger partial charge in [-0.2, -0.15) is 0 Å². The Morgan fingerprint density at radius 1 is 0.192 bits per heavy atom. The third kappa shape index (κ3) is 4.48. The Balaban J connectivity index is 1.23. The fraction of sp³-hybridized carbons (Fsp3) is 0. The van der Waals surface area contributed by atoms with E-state index in [-0.39, 0.29) is 0 Å². The molecule has 0 spiro atoms. The molecule has 0 saturated heterocycles. The van der Waals surface area contributed by atoms with Crippen LogP contribution >= 0.6 is 0 Å². The summed E-state index contributed by atoms with van der Waals surface area (Å²) in [5.41, 5.74) is 7.50. The molecule has 240 valence electrons. The van der Waals surface area contributed by atoms with Crippen molar-refractivity contribution in [3.63, 3.8) is 0 Å². The number of hydrogen-bond donors (Lipinski definition) is 0. The molecule has 0 aliphatic carbocycles. The van der Waals surface area contributed by atoms with Crippen LogP contribution in [-0.4, -0.2) is 0 Å². The molecule has 0 N–H and O–H groups in total. The fourth-order valence-electron chi connectivity index (χ4n) is 8.69. The first kappa shape index (κ1) is 29.0. The second-order valence-electron chi connectivity index (χ2n) is 14.1. The molecule has 0 radical (unpaired) electrons. The molecule has 0 aliphatic rings. The minimum absolute atomic E-state index is 1.22. The molecule has 0 saturated carbocycles. The zero-order valence-corrected chi connectivity index (χ0v) is 28.5. The lowest BCUT2D eigenvalue weighted by Crippen LogP contribution is -1.92. The molecule has 0 bridgehead atoms. The molecular weight excluding hydrogens is 625 g/mol. The van der Waals surface area contributed by atoms with Crippen molar-refractivity contribution in [3.05, 3.63) is 194 Å². The van der Waals surface area contributed by atoms with E-state index in [0.29, 0.717) is 0 Å². The molecule has 0 aromatic heterocycles. The Bertz CT molecular complexity index is 3240. The van der Waals surface area contributed by atoms with Gasteiger partial charge in [0.2, 0.25) is 0 Å². The van der Waals surface area contributed by atoms with Crippen LogP contribution in [0.2, 0.25) is 0 Å². The van der Waals surface area contributed by atoms with Crippen molar-refractivity contribution >= 4 is 75.4 Å². The molecular formula is C52H32. The van der Waals surface area contributed by atoms with Gasteiger partial charge in [-0.25, -0.2) is 0 Å². The van der Waals surface area contributed by atoms with E-state index >= 15 is 0 Å². The third-order valence-electron chi connectivity index (χ3n) is 11.2. The third-order valence-corrected chi connectivity index (χ3v) is 11.2. The molecule has 0 fully saturated rings. The van der Waals surface area contributed by atoms with E-state index in [2.05, 4.69) is 194 Å². The lowest BCUT2D eigenvalue weighted by Gasteiger charge is -2.19. The van der Waals surface area contributed by atoms with Crippen LogP contribution in [0.1, 0.15) is 0 Å². The van der Waals surface area contributed by atoms with Crippen molar-refractivity contribution in [1.29, 1.82) is 0 Å². The molecule has 0 nitrogen and oxygen atoms in total. The van der Waals surface area contributed by atoms with Crippen molar-refractivity contribution in [2.45, 2.75) is 0 Å². The predicted molar refractivity (Wildman–Crippen MR) is 225 cm³/mol. The molecule has 0 aliphatic heterocycles. The molecule has 0 amide bonds. The highest BCUT2D eigenvalue weighted by Crippen LogP contribution is 2.46. The minimum atomic E-state index is 1.22. The molecule has 52 heavy (non-hydrogen) atoms. The largest absolute Gasteiger partial charge is 0.0616 e. The van der Waals surface area contributed by atoms with E-state index in [1.54, 1.807) is 0 Å². The summed E-state index contributed by atoms with van der Waals surface area (Å²) < 4.78 is 0. The quantitative estimate of drug-likeness (QED) is 0.131.